The van der Waals surface area contributed by atoms with Gasteiger partial charge >= 0.3 is 11.9 Å². The van der Waals surface area contributed by atoms with Gasteiger partial charge in [-0.15, -0.1) is 0 Å². The standard InChI is InChI=1S/C18H31NO5/c1-6-11(2)14(17(23)24-18(3,4)5)19-15(20)12-7-9-13(10-8-12)16(21)22/h11-14H,6-10H2,1-5H3,(H,19,20)(H,21,22)/t11-,12?,13?,14-/m0/s1. The molecule has 2 atom stereocenters. The molecule has 0 heterocycles. The van der Waals surface area contributed by atoms with Crippen LogP contribution in [-0.2, 0) is 19.1 Å². The zero-order valence-corrected chi connectivity index (χ0v) is 15.4. The Bertz CT molecular complexity index is 461. The molecule has 1 aliphatic carbocycles. The number of nitrogens with one attached hydrogen (secondary N) is 1. The maximum absolute atomic E-state index is 12.5. The predicted octanol–water partition coefficient (Wildman–Crippen LogP) is 2.75. The van der Waals surface area contributed by atoms with E-state index in [1.165, 1.54) is 0 Å². The van der Waals surface area contributed by atoms with E-state index in [-0.39, 0.29) is 23.7 Å². The predicted molar refractivity (Wildman–Crippen MR) is 90.3 cm³/mol. The van der Waals surface area contributed by atoms with Gasteiger partial charge in [-0.3, -0.25) is 9.59 Å². The first kappa shape index (κ1) is 20.5. The topological polar surface area (TPSA) is 92.7 Å². The largest absolute Gasteiger partial charge is 0.481 e. The van der Waals surface area contributed by atoms with E-state index in [0.29, 0.717) is 25.7 Å². The van der Waals surface area contributed by atoms with Crippen molar-refractivity contribution in [2.45, 2.75) is 78.4 Å². The van der Waals surface area contributed by atoms with E-state index >= 15 is 0 Å². The highest BCUT2D eigenvalue weighted by Gasteiger charge is 2.34. The first-order valence-corrected chi connectivity index (χ1v) is 8.81. The summed E-state index contributed by atoms with van der Waals surface area (Å²) in [5.41, 5.74) is -0.604. The van der Waals surface area contributed by atoms with Gasteiger partial charge in [0.2, 0.25) is 5.91 Å². The minimum Gasteiger partial charge on any atom is -0.481 e. The van der Waals surface area contributed by atoms with Gasteiger partial charge < -0.3 is 15.2 Å². The number of hydrogen-bond donors (Lipinski definition) is 2. The van der Waals surface area contributed by atoms with Crippen LogP contribution < -0.4 is 5.32 Å². The summed E-state index contributed by atoms with van der Waals surface area (Å²) in [5, 5.41) is 11.9. The van der Waals surface area contributed by atoms with Crippen LogP contribution in [0.3, 0.4) is 0 Å². The summed E-state index contributed by atoms with van der Waals surface area (Å²) in [4.78, 5) is 35.9. The summed E-state index contributed by atoms with van der Waals surface area (Å²) in [6, 6.07) is -0.668. The fourth-order valence-electron chi connectivity index (χ4n) is 2.91. The lowest BCUT2D eigenvalue weighted by molar-refractivity contribution is -0.160. The maximum Gasteiger partial charge on any atom is 0.329 e. The van der Waals surface area contributed by atoms with Crippen LogP contribution in [0.15, 0.2) is 0 Å². The average Bonchev–Trinajstić information content (AvgIpc) is 2.49. The second-order valence-corrected chi connectivity index (χ2v) is 7.79. The molecule has 0 radical (unpaired) electrons. The van der Waals surface area contributed by atoms with Crippen molar-refractivity contribution in [1.29, 1.82) is 0 Å². The molecule has 0 aliphatic heterocycles. The van der Waals surface area contributed by atoms with Gasteiger partial charge in [0.15, 0.2) is 0 Å². The molecule has 138 valence electrons. The van der Waals surface area contributed by atoms with Crippen molar-refractivity contribution in [2.24, 2.45) is 17.8 Å². The molecule has 6 nitrogen and oxygen atoms in total. The van der Waals surface area contributed by atoms with Crippen LogP contribution in [0.2, 0.25) is 0 Å². The molecule has 0 saturated heterocycles. The Morgan fingerprint density at radius 2 is 1.62 bits per heavy atom. The molecule has 1 saturated carbocycles. The summed E-state index contributed by atoms with van der Waals surface area (Å²) < 4.78 is 5.43. The molecular formula is C18H31NO5. The number of hydrogen-bond acceptors (Lipinski definition) is 4. The van der Waals surface area contributed by atoms with Crippen molar-refractivity contribution >= 4 is 17.8 Å². The van der Waals surface area contributed by atoms with E-state index in [4.69, 9.17) is 9.84 Å². The smallest absolute Gasteiger partial charge is 0.329 e. The summed E-state index contributed by atoms with van der Waals surface area (Å²) in [7, 11) is 0. The Hall–Kier alpha value is -1.59. The number of esters is 1. The zero-order valence-electron chi connectivity index (χ0n) is 15.4. The van der Waals surface area contributed by atoms with Gasteiger partial charge in [0.1, 0.15) is 11.6 Å². The highest BCUT2D eigenvalue weighted by atomic mass is 16.6. The van der Waals surface area contributed by atoms with Gasteiger partial charge in [-0.05, 0) is 52.4 Å². The molecule has 0 aromatic heterocycles. The number of carboxylic acid groups (broad SMARTS) is 1. The molecule has 0 bridgehead atoms. The van der Waals surface area contributed by atoms with E-state index in [0.717, 1.165) is 6.42 Å². The normalized spacial score (nSPS) is 23.9. The molecule has 1 aliphatic rings. The molecule has 0 aromatic carbocycles. The van der Waals surface area contributed by atoms with Crippen LogP contribution in [0.1, 0.15) is 66.7 Å². The highest BCUT2D eigenvalue weighted by molar-refractivity contribution is 5.86. The number of ether oxygens (including phenoxy) is 1. The molecule has 2 N–H and O–H groups in total. The summed E-state index contributed by atoms with van der Waals surface area (Å²) in [6.45, 7) is 9.27. The van der Waals surface area contributed by atoms with Crippen LogP contribution >= 0.6 is 0 Å². The fourth-order valence-corrected chi connectivity index (χ4v) is 2.91. The van der Waals surface area contributed by atoms with E-state index in [9.17, 15) is 14.4 Å². The third-order valence-electron chi connectivity index (χ3n) is 4.62. The number of carboxylic acids is 1. The van der Waals surface area contributed by atoms with Crippen molar-refractivity contribution in [2.75, 3.05) is 0 Å². The Morgan fingerprint density at radius 1 is 1.12 bits per heavy atom. The summed E-state index contributed by atoms with van der Waals surface area (Å²) in [6.07, 6.45) is 2.85. The SMILES string of the molecule is CC[C@H](C)[C@H](NC(=O)C1CCC(C(=O)O)CC1)C(=O)OC(C)(C)C. The van der Waals surface area contributed by atoms with Gasteiger partial charge in [0.05, 0.1) is 5.92 Å². The minimum absolute atomic E-state index is 0.0286. The number of carbonyl (C=O) groups excluding carboxylic acids is 2. The number of aliphatic carboxylic acids is 1. The Kier molecular flexibility index (Phi) is 7.24. The molecule has 0 unspecified atom stereocenters. The quantitative estimate of drug-likeness (QED) is 0.725. The van der Waals surface area contributed by atoms with Crippen LogP contribution in [0, 0.1) is 17.8 Å². The monoisotopic (exact) mass is 341 g/mol. The molecule has 1 fully saturated rings. The van der Waals surface area contributed by atoms with Crippen molar-refractivity contribution in [1.82, 2.24) is 5.32 Å². The Morgan fingerprint density at radius 3 is 2.04 bits per heavy atom. The van der Waals surface area contributed by atoms with Crippen LogP contribution in [-0.4, -0.2) is 34.6 Å². The van der Waals surface area contributed by atoms with E-state index < -0.39 is 23.6 Å². The maximum atomic E-state index is 12.5. The lowest BCUT2D eigenvalue weighted by atomic mass is 9.81. The first-order chi connectivity index (χ1) is 11.0. The fraction of sp³-hybridized carbons (Fsp3) is 0.833. The minimum atomic E-state index is -0.792. The average molecular weight is 341 g/mol. The molecule has 1 rings (SSSR count). The Labute approximate surface area is 144 Å². The van der Waals surface area contributed by atoms with Crippen LogP contribution in [0.25, 0.3) is 0 Å². The van der Waals surface area contributed by atoms with Gasteiger partial charge in [-0.2, -0.15) is 0 Å². The Balaban J connectivity index is 2.68. The molecule has 0 spiro atoms. The van der Waals surface area contributed by atoms with E-state index in [2.05, 4.69) is 5.32 Å². The van der Waals surface area contributed by atoms with Gasteiger partial charge in [-0.1, -0.05) is 20.3 Å². The van der Waals surface area contributed by atoms with E-state index in [1.807, 2.05) is 13.8 Å². The van der Waals surface area contributed by atoms with Crippen LogP contribution in [0.5, 0.6) is 0 Å². The lowest BCUT2D eigenvalue weighted by Crippen LogP contribution is -2.50. The third-order valence-corrected chi connectivity index (χ3v) is 4.62. The number of amides is 1. The van der Waals surface area contributed by atoms with Gasteiger partial charge in [0.25, 0.3) is 0 Å². The lowest BCUT2D eigenvalue weighted by Gasteiger charge is -2.30. The second kappa shape index (κ2) is 8.49. The highest BCUT2D eigenvalue weighted by Crippen LogP contribution is 2.29. The van der Waals surface area contributed by atoms with Gasteiger partial charge in [0, 0.05) is 5.92 Å². The molecule has 1 amide bonds. The van der Waals surface area contributed by atoms with Crippen molar-refractivity contribution < 1.29 is 24.2 Å². The van der Waals surface area contributed by atoms with Crippen LogP contribution in [0.4, 0.5) is 0 Å². The van der Waals surface area contributed by atoms with Crippen molar-refractivity contribution in [3.63, 3.8) is 0 Å². The van der Waals surface area contributed by atoms with Crippen molar-refractivity contribution in [3.05, 3.63) is 0 Å². The van der Waals surface area contributed by atoms with E-state index in [1.54, 1.807) is 20.8 Å². The number of rotatable bonds is 6. The summed E-state index contributed by atoms with van der Waals surface area (Å²) in [5.74, 6) is -1.99. The molecular weight excluding hydrogens is 310 g/mol. The molecule has 24 heavy (non-hydrogen) atoms. The van der Waals surface area contributed by atoms with Crippen molar-refractivity contribution in [3.8, 4) is 0 Å². The van der Waals surface area contributed by atoms with Gasteiger partial charge in [-0.25, -0.2) is 4.79 Å². The summed E-state index contributed by atoms with van der Waals surface area (Å²) >= 11 is 0. The second-order valence-electron chi connectivity index (χ2n) is 7.79. The first-order valence-electron chi connectivity index (χ1n) is 8.81. The third kappa shape index (κ3) is 6.13. The molecule has 0 aromatic rings. The number of carbonyl (C=O) groups is 3. The zero-order chi connectivity index (χ0) is 18.5. The molecule has 6 heteroatoms.